The number of carbonyl (C=O) groups is 2. The number of benzene rings is 4. The molecule has 2 fully saturated rings. The second-order valence-electron chi connectivity index (χ2n) is 28.3. The largest absolute Gasteiger partial charge is 0.466 e. The van der Waals surface area contributed by atoms with Gasteiger partial charge in [0, 0.05) is 61.3 Å². The second-order valence-corrected chi connectivity index (χ2v) is 39.4. The zero-order chi connectivity index (χ0) is 70.6. The Kier molecular flexibility index (Phi) is 24.8. The van der Waals surface area contributed by atoms with Crippen LogP contribution in [0.3, 0.4) is 0 Å². The summed E-state index contributed by atoms with van der Waals surface area (Å²) in [5, 5.41) is -1.01. The number of hydrogen-bond acceptors (Lipinski definition) is 17. The predicted molar refractivity (Wildman–Crippen MR) is 376 cm³/mol. The molecule has 2 saturated heterocycles. The highest BCUT2D eigenvalue weighted by Crippen LogP contribution is 2.57. The first-order valence-electron chi connectivity index (χ1n) is 33.0. The number of aromatic amines is 1. The van der Waals surface area contributed by atoms with Gasteiger partial charge in [0.15, 0.2) is 0 Å². The Labute approximate surface area is 572 Å². The van der Waals surface area contributed by atoms with Gasteiger partial charge in [0.05, 0.1) is 91.8 Å². The van der Waals surface area contributed by atoms with E-state index in [0.29, 0.717) is 56.8 Å². The van der Waals surface area contributed by atoms with Crippen molar-refractivity contribution in [3.05, 3.63) is 158 Å². The fraction of sp³-hybridized carbons (Fsp3) is 0.452. The molecule has 520 valence electrons. The molecule has 0 spiro atoms. The monoisotopic (exact) mass is 1380 g/mol. The van der Waals surface area contributed by atoms with Gasteiger partial charge < -0.3 is 36.7 Å². The second kappa shape index (κ2) is 32.0. The molecule has 2 aliphatic rings. The Morgan fingerprint density at radius 3 is 1.44 bits per heavy atom. The number of imidazole rings is 2. The fourth-order valence-corrected chi connectivity index (χ4v) is 23.5. The van der Waals surface area contributed by atoms with E-state index in [1.54, 1.807) is 43.6 Å². The van der Waals surface area contributed by atoms with Crippen LogP contribution in [0.5, 0.6) is 0 Å². The number of aromatic nitrogens is 8. The van der Waals surface area contributed by atoms with E-state index in [1.165, 1.54) is 36.9 Å². The molecule has 0 radical (unpaired) electrons. The Hall–Kier alpha value is -7.56. The van der Waals surface area contributed by atoms with Crippen LogP contribution in [0.25, 0.3) is 68.1 Å². The third-order valence-electron chi connectivity index (χ3n) is 16.8. The molecule has 24 heteroatoms. The molecule has 8 aromatic rings. The lowest BCUT2D eigenvalue weighted by atomic mass is 10.1. The van der Waals surface area contributed by atoms with Crippen molar-refractivity contribution in [2.75, 3.05) is 26.1 Å². The number of nitrogens with zero attached hydrogens (tertiary/aromatic N) is 7. The first kappa shape index (κ1) is 75.2. The van der Waals surface area contributed by atoms with Gasteiger partial charge in [-0.05, 0) is 100 Å². The quantitative estimate of drug-likeness (QED) is 0.0450. The van der Waals surface area contributed by atoms with Crippen molar-refractivity contribution in [3.8, 4) is 68.1 Å². The molecule has 0 unspecified atom stereocenters. The Morgan fingerprint density at radius 2 is 1.00 bits per heavy atom. The van der Waals surface area contributed by atoms with Crippen LogP contribution in [0.2, 0.25) is 20.2 Å². The first-order valence-corrected chi connectivity index (χ1v) is 38.4. The molecule has 0 aliphatic carbocycles. The average Bonchev–Trinajstić information content (AvgIpc) is 1.37. The molecular weight excluding hydrogens is 1290 g/mol. The van der Waals surface area contributed by atoms with Gasteiger partial charge in [-0.3, -0.25) is 13.8 Å². The maximum Gasteiger partial charge on any atom is 0.349 e. The van der Waals surface area contributed by atoms with Crippen LogP contribution in [0.15, 0.2) is 146 Å². The fourth-order valence-electron chi connectivity index (χ4n) is 13.0. The lowest BCUT2D eigenvalue weighted by Crippen LogP contribution is -2.63. The predicted octanol–water partition coefficient (Wildman–Crippen LogP) is 16.2. The summed E-state index contributed by atoms with van der Waals surface area (Å²) in [6, 6.07) is 36.3. The smallest absolute Gasteiger partial charge is 0.349 e. The lowest BCUT2D eigenvalue weighted by Gasteiger charge is -2.55. The number of carbonyl (C=O) groups excluding carboxylic acids is 2. The summed E-state index contributed by atoms with van der Waals surface area (Å²) in [7, 11) is -9.25. The van der Waals surface area contributed by atoms with Gasteiger partial charge in [-0.15, -0.1) is 0 Å². The number of H-pyrrole nitrogens is 1. The number of esters is 2. The molecule has 10 rings (SSSR count). The molecular formula is C73H94F2N8O11SSi2. The number of hydrogen-bond donors (Lipinski definition) is 1. The van der Waals surface area contributed by atoms with Crippen LogP contribution in [0, 0.1) is 11.6 Å². The van der Waals surface area contributed by atoms with Crippen LogP contribution in [0.4, 0.5) is 8.78 Å². The maximum absolute atomic E-state index is 14.1. The summed E-state index contributed by atoms with van der Waals surface area (Å²) in [5.74, 6) is 0.383. The van der Waals surface area contributed by atoms with Crippen molar-refractivity contribution in [1.82, 2.24) is 39.5 Å². The Morgan fingerprint density at radius 1 is 0.557 bits per heavy atom. The van der Waals surface area contributed by atoms with Gasteiger partial charge in [-0.1, -0.05) is 144 Å². The Balaban J connectivity index is 0.000000201. The summed E-state index contributed by atoms with van der Waals surface area (Å²) in [6.45, 7) is 30.5. The summed E-state index contributed by atoms with van der Waals surface area (Å²) in [4.78, 5) is 54.8. The molecule has 4 aromatic heterocycles. The number of ether oxygens (including phenoxy) is 2. The van der Waals surface area contributed by atoms with E-state index < -0.39 is 27.2 Å². The zero-order valence-electron chi connectivity index (χ0n) is 58.5. The van der Waals surface area contributed by atoms with E-state index in [2.05, 4.69) is 113 Å². The molecule has 4 aromatic carbocycles. The molecule has 0 saturated carbocycles. The summed E-state index contributed by atoms with van der Waals surface area (Å²) < 4.78 is 94.6. The van der Waals surface area contributed by atoms with Crippen LogP contribution in [-0.2, 0) is 57.6 Å². The molecule has 4 atom stereocenters. The first-order chi connectivity index (χ1) is 45.7. The average molecular weight is 1390 g/mol. The molecule has 97 heavy (non-hydrogen) atoms. The van der Waals surface area contributed by atoms with Crippen LogP contribution < -0.4 is 0 Å². The highest BCUT2D eigenvalue weighted by Gasteiger charge is 2.63. The summed E-state index contributed by atoms with van der Waals surface area (Å²) in [6.07, 6.45) is 8.89. The topological polar surface area (TPSA) is 231 Å². The molecule has 2 aliphatic heterocycles. The van der Waals surface area contributed by atoms with Crippen molar-refractivity contribution in [1.29, 1.82) is 0 Å². The summed E-state index contributed by atoms with van der Waals surface area (Å²) in [5.41, 5.74) is 8.02. The van der Waals surface area contributed by atoms with Crippen molar-refractivity contribution < 1.29 is 58.1 Å². The highest BCUT2D eigenvalue weighted by molar-refractivity contribution is 7.86. The minimum Gasteiger partial charge on any atom is -0.466 e. The van der Waals surface area contributed by atoms with Gasteiger partial charge in [0.1, 0.15) is 41.6 Å². The standard InChI is InChI=1S/C36H45FN4O4Si.C19H13FN4.C18H36O7SSi/c1-8-43-31(42)23-29-22-28(44-46(45-29,35(2,3)4)36(5,6)7)19-21-41-33(25-14-16-27(37)17-15-25)32(30-18-20-38-24-39-30)40-34(41)26-12-10-9-11-13-26;20-15-8-6-13(7-9-15)17-18(16-10-11-21-12-22-16)24-19(23-17)14-4-2-1-3-5-14;1-9-22-16(19)13-15-12-14(10-11-23-26(8,20)21)24-27(25-15,17(2,3)4)18(5,6)7/h9-18,20,24,28-29H,8,19,21-23H2,1-7H3;1-12H,(H,23,24);14-15H,9-13H2,1-8H3/t28-,29-;;14-,15-/m0.0/s1. The summed E-state index contributed by atoms with van der Waals surface area (Å²) >= 11 is 0. The van der Waals surface area contributed by atoms with Crippen LogP contribution >= 0.6 is 0 Å². The lowest BCUT2D eigenvalue weighted by molar-refractivity contribution is -0.148. The van der Waals surface area contributed by atoms with E-state index >= 15 is 0 Å². The molecule has 0 amide bonds. The SMILES string of the molecule is CCOC(=O)C[C@@H]1C[C@H](CCOS(C)(=O)=O)O[Si](C(C)(C)C)(C(C)(C)C)O1.CCOC(=O)C[C@@H]1C[C@H](CCn2c(-c3ccccc3)nc(-c3ccncn3)c2-c2ccc(F)cc2)O[Si](C(C)(C)C)(C(C)(C)C)O1.Fc1ccc(-c2nc(-c3ccccc3)[nH]c2-c2ccncn2)cc1. The van der Waals surface area contributed by atoms with E-state index in [4.69, 9.17) is 41.3 Å². The van der Waals surface area contributed by atoms with Crippen LogP contribution in [-0.4, -0.2) is 127 Å². The molecule has 1 N–H and O–H groups in total. The minimum absolute atomic E-state index is 0.0500. The minimum atomic E-state index is -3.50. The highest BCUT2D eigenvalue weighted by atomic mass is 32.2. The third kappa shape index (κ3) is 19.0. The Bertz CT molecular complexity index is 3930. The molecule has 19 nitrogen and oxygen atoms in total. The van der Waals surface area contributed by atoms with Gasteiger partial charge in [0.25, 0.3) is 10.1 Å². The number of halogens is 2. The van der Waals surface area contributed by atoms with Gasteiger partial charge >= 0.3 is 29.1 Å². The van der Waals surface area contributed by atoms with E-state index in [0.717, 1.165) is 62.9 Å². The third-order valence-corrected chi connectivity index (χ3v) is 27.9. The van der Waals surface area contributed by atoms with Gasteiger partial charge in [0.2, 0.25) is 0 Å². The van der Waals surface area contributed by atoms with Crippen molar-refractivity contribution in [2.45, 2.75) is 187 Å². The van der Waals surface area contributed by atoms with E-state index in [1.807, 2.05) is 79.7 Å². The van der Waals surface area contributed by atoms with Gasteiger partial charge in [-0.25, -0.2) is 38.7 Å². The van der Waals surface area contributed by atoms with Crippen LogP contribution in [0.1, 0.15) is 135 Å². The van der Waals surface area contributed by atoms with E-state index in [9.17, 15) is 26.8 Å². The van der Waals surface area contributed by atoms with Crippen molar-refractivity contribution in [3.63, 3.8) is 0 Å². The van der Waals surface area contributed by atoms with E-state index in [-0.39, 0.29) is 87.6 Å². The van der Waals surface area contributed by atoms with Crippen molar-refractivity contribution in [2.24, 2.45) is 0 Å². The van der Waals surface area contributed by atoms with Crippen molar-refractivity contribution >= 4 is 39.2 Å². The van der Waals surface area contributed by atoms with Gasteiger partial charge in [-0.2, -0.15) is 8.42 Å². The normalized spacial score (nSPS) is 18.0. The number of nitrogens with one attached hydrogen (secondary N) is 1. The molecule has 6 heterocycles. The zero-order valence-corrected chi connectivity index (χ0v) is 61.3. The number of rotatable bonds is 19. The maximum atomic E-state index is 14.1. The molecule has 0 bridgehead atoms.